The maximum Gasteiger partial charge on any atom is 0.254 e. The molecule has 2 aromatic carbocycles. The van der Waals surface area contributed by atoms with Crippen molar-refractivity contribution in [1.29, 1.82) is 0 Å². The Morgan fingerprint density at radius 1 is 1.03 bits per heavy atom. The Labute approximate surface area is 169 Å². The van der Waals surface area contributed by atoms with Gasteiger partial charge in [0.2, 0.25) is 5.95 Å². The van der Waals surface area contributed by atoms with Crippen LogP contribution in [-0.4, -0.2) is 54.2 Å². The van der Waals surface area contributed by atoms with Gasteiger partial charge in [-0.15, -0.1) is 0 Å². The van der Waals surface area contributed by atoms with E-state index in [1.54, 1.807) is 19.5 Å². The van der Waals surface area contributed by atoms with Crippen molar-refractivity contribution >= 4 is 17.5 Å². The van der Waals surface area contributed by atoms with Crippen LogP contribution >= 0.6 is 0 Å². The average molecular weight is 390 g/mol. The first-order chi connectivity index (χ1) is 14.2. The molecule has 0 bridgehead atoms. The van der Waals surface area contributed by atoms with Gasteiger partial charge in [0, 0.05) is 42.3 Å². The first-order valence-corrected chi connectivity index (χ1v) is 9.43. The van der Waals surface area contributed by atoms with Gasteiger partial charge in [-0.05, 0) is 35.9 Å². The fourth-order valence-corrected chi connectivity index (χ4v) is 3.13. The lowest BCUT2D eigenvalue weighted by Crippen LogP contribution is -2.40. The number of ether oxygens (including phenoxy) is 2. The van der Waals surface area contributed by atoms with E-state index in [0.29, 0.717) is 37.8 Å². The standard InChI is InChI=1S/C22H22N4O3/c1-28-20-7-5-16(6-8-20)18-14-23-22(24-15-18)25-19-4-2-3-17(13-19)21(27)26-9-11-29-12-10-26/h2-8,13-15H,9-12H2,1H3,(H,23,24,25). The molecule has 1 aliphatic heterocycles. The van der Waals surface area contributed by atoms with Crippen molar-refractivity contribution in [2.24, 2.45) is 0 Å². The molecule has 1 fully saturated rings. The Morgan fingerprint density at radius 3 is 2.45 bits per heavy atom. The Kier molecular flexibility index (Phi) is 5.67. The molecule has 7 nitrogen and oxygen atoms in total. The Hall–Kier alpha value is -3.45. The molecule has 7 heteroatoms. The second-order valence-corrected chi connectivity index (χ2v) is 6.63. The molecule has 1 saturated heterocycles. The highest BCUT2D eigenvalue weighted by Gasteiger charge is 2.18. The van der Waals surface area contributed by atoms with Crippen LogP contribution in [0, 0.1) is 0 Å². The number of hydrogen-bond acceptors (Lipinski definition) is 6. The topological polar surface area (TPSA) is 76.6 Å². The molecule has 0 unspecified atom stereocenters. The van der Waals surface area contributed by atoms with Crippen molar-refractivity contribution in [2.75, 3.05) is 38.7 Å². The number of benzene rings is 2. The minimum atomic E-state index is 0.00715. The fourth-order valence-electron chi connectivity index (χ4n) is 3.13. The lowest BCUT2D eigenvalue weighted by atomic mass is 10.1. The van der Waals surface area contributed by atoms with Gasteiger partial charge in [0.15, 0.2) is 0 Å². The highest BCUT2D eigenvalue weighted by molar-refractivity contribution is 5.95. The van der Waals surface area contributed by atoms with Crippen LogP contribution in [0.25, 0.3) is 11.1 Å². The van der Waals surface area contributed by atoms with Gasteiger partial charge in [-0.2, -0.15) is 0 Å². The Balaban J connectivity index is 1.45. The van der Waals surface area contributed by atoms with E-state index in [2.05, 4.69) is 15.3 Å². The fraction of sp³-hybridized carbons (Fsp3) is 0.227. The molecule has 0 atom stereocenters. The third-order valence-corrected chi connectivity index (χ3v) is 4.74. The smallest absolute Gasteiger partial charge is 0.254 e. The van der Waals surface area contributed by atoms with Crippen LogP contribution in [0.1, 0.15) is 10.4 Å². The van der Waals surface area contributed by atoms with Gasteiger partial charge in [0.05, 0.1) is 20.3 Å². The lowest BCUT2D eigenvalue weighted by Gasteiger charge is -2.27. The normalized spacial score (nSPS) is 13.8. The first-order valence-electron chi connectivity index (χ1n) is 9.43. The predicted molar refractivity (Wildman–Crippen MR) is 110 cm³/mol. The van der Waals surface area contributed by atoms with Gasteiger partial charge in [-0.1, -0.05) is 18.2 Å². The van der Waals surface area contributed by atoms with Gasteiger partial charge in [-0.3, -0.25) is 4.79 Å². The first kappa shape index (κ1) is 18.9. The van der Waals surface area contributed by atoms with Crippen molar-refractivity contribution in [3.8, 4) is 16.9 Å². The second-order valence-electron chi connectivity index (χ2n) is 6.63. The summed E-state index contributed by atoms with van der Waals surface area (Å²) < 4.78 is 10.5. The molecule has 0 radical (unpaired) electrons. The second kappa shape index (κ2) is 8.70. The maximum absolute atomic E-state index is 12.7. The molecule has 1 amide bonds. The summed E-state index contributed by atoms with van der Waals surface area (Å²) in [6.07, 6.45) is 3.53. The molecule has 1 aliphatic rings. The van der Waals surface area contributed by atoms with Crippen LogP contribution in [0.15, 0.2) is 60.9 Å². The summed E-state index contributed by atoms with van der Waals surface area (Å²) in [7, 11) is 1.64. The summed E-state index contributed by atoms with van der Waals surface area (Å²) in [5.74, 6) is 1.28. The molecule has 4 rings (SSSR count). The summed E-state index contributed by atoms with van der Waals surface area (Å²) in [6.45, 7) is 2.40. The largest absolute Gasteiger partial charge is 0.497 e. The van der Waals surface area contributed by atoms with Gasteiger partial charge in [-0.25, -0.2) is 9.97 Å². The SMILES string of the molecule is COc1ccc(-c2cnc(Nc3cccc(C(=O)N4CCOCC4)c3)nc2)cc1. The van der Waals surface area contributed by atoms with Crippen molar-refractivity contribution in [2.45, 2.75) is 0 Å². The number of anilines is 2. The molecule has 1 N–H and O–H groups in total. The average Bonchev–Trinajstić information content (AvgIpc) is 2.80. The Morgan fingerprint density at radius 2 is 1.76 bits per heavy atom. The van der Waals surface area contributed by atoms with Gasteiger partial charge in [0.1, 0.15) is 5.75 Å². The number of aromatic nitrogens is 2. The van der Waals surface area contributed by atoms with Crippen LogP contribution < -0.4 is 10.1 Å². The number of carbonyl (C=O) groups excluding carboxylic acids is 1. The zero-order valence-electron chi connectivity index (χ0n) is 16.2. The van der Waals surface area contributed by atoms with E-state index in [0.717, 1.165) is 22.6 Å². The number of amides is 1. The molecular weight excluding hydrogens is 368 g/mol. The van der Waals surface area contributed by atoms with Gasteiger partial charge in [0.25, 0.3) is 5.91 Å². The zero-order chi connectivity index (χ0) is 20.1. The lowest BCUT2D eigenvalue weighted by molar-refractivity contribution is 0.0303. The number of rotatable bonds is 5. The van der Waals surface area contributed by atoms with Crippen LogP contribution in [0.4, 0.5) is 11.6 Å². The van der Waals surface area contributed by atoms with Crippen molar-refractivity contribution in [3.63, 3.8) is 0 Å². The quantitative estimate of drug-likeness (QED) is 0.720. The van der Waals surface area contributed by atoms with Crippen LogP contribution in [0.3, 0.4) is 0 Å². The van der Waals surface area contributed by atoms with Gasteiger partial charge >= 0.3 is 0 Å². The molecule has 1 aromatic heterocycles. The number of nitrogens with zero attached hydrogens (tertiary/aromatic N) is 3. The number of hydrogen-bond donors (Lipinski definition) is 1. The van der Waals surface area contributed by atoms with E-state index in [4.69, 9.17) is 9.47 Å². The highest BCUT2D eigenvalue weighted by Crippen LogP contribution is 2.22. The van der Waals surface area contributed by atoms with Crippen molar-refractivity contribution in [1.82, 2.24) is 14.9 Å². The van der Waals surface area contributed by atoms with E-state index < -0.39 is 0 Å². The summed E-state index contributed by atoms with van der Waals surface area (Å²) in [5.41, 5.74) is 3.32. The van der Waals surface area contributed by atoms with Crippen LogP contribution in [0.5, 0.6) is 5.75 Å². The van der Waals surface area contributed by atoms with Crippen molar-refractivity contribution in [3.05, 3.63) is 66.5 Å². The van der Waals surface area contributed by atoms with E-state index in [-0.39, 0.29) is 5.91 Å². The summed E-state index contributed by atoms with van der Waals surface area (Å²) in [5, 5.41) is 3.16. The van der Waals surface area contributed by atoms with E-state index >= 15 is 0 Å². The molecule has 29 heavy (non-hydrogen) atoms. The third-order valence-electron chi connectivity index (χ3n) is 4.74. The molecule has 2 heterocycles. The molecule has 0 saturated carbocycles. The minimum Gasteiger partial charge on any atom is -0.497 e. The zero-order valence-corrected chi connectivity index (χ0v) is 16.2. The number of carbonyl (C=O) groups is 1. The van der Waals surface area contributed by atoms with Gasteiger partial charge < -0.3 is 19.7 Å². The summed E-state index contributed by atoms with van der Waals surface area (Å²) in [6, 6.07) is 15.1. The molecule has 0 aliphatic carbocycles. The predicted octanol–water partition coefficient (Wildman–Crippen LogP) is 3.37. The molecule has 148 valence electrons. The van der Waals surface area contributed by atoms with Crippen molar-refractivity contribution < 1.29 is 14.3 Å². The van der Waals surface area contributed by atoms with E-state index in [1.807, 2.05) is 53.4 Å². The monoisotopic (exact) mass is 390 g/mol. The highest BCUT2D eigenvalue weighted by atomic mass is 16.5. The number of methoxy groups -OCH3 is 1. The van der Waals surface area contributed by atoms with E-state index in [1.165, 1.54) is 0 Å². The van der Waals surface area contributed by atoms with Crippen LogP contribution in [0.2, 0.25) is 0 Å². The molecular formula is C22H22N4O3. The Bertz CT molecular complexity index is 968. The third kappa shape index (κ3) is 4.52. The summed E-state index contributed by atoms with van der Waals surface area (Å²) in [4.78, 5) is 23.2. The summed E-state index contributed by atoms with van der Waals surface area (Å²) >= 11 is 0. The molecule has 3 aromatic rings. The maximum atomic E-state index is 12.7. The van der Waals surface area contributed by atoms with E-state index in [9.17, 15) is 4.79 Å². The number of nitrogens with one attached hydrogen (secondary N) is 1. The van der Waals surface area contributed by atoms with Crippen LogP contribution in [-0.2, 0) is 4.74 Å². The number of morpholine rings is 1. The molecule has 0 spiro atoms. The minimum absolute atomic E-state index is 0.00715.